The molecule has 2 aromatic rings. The Hall–Kier alpha value is -1.81. The van der Waals surface area contributed by atoms with Crippen molar-refractivity contribution in [3.8, 4) is 5.69 Å². The number of rotatable bonds is 1. The molecular weight excluding hydrogens is 214 g/mol. The van der Waals surface area contributed by atoms with Gasteiger partial charge in [0.25, 0.3) is 5.56 Å². The fourth-order valence-corrected chi connectivity index (χ4v) is 1.41. The monoisotopic (exact) mass is 221 g/mol. The minimum Gasteiger partial charge on any atom is -0.397 e. The molecule has 5 heteroatoms. The number of benzene rings is 1. The van der Waals surface area contributed by atoms with Crippen LogP contribution < -0.4 is 11.3 Å². The highest BCUT2D eigenvalue weighted by Gasteiger charge is 2.01. The van der Waals surface area contributed by atoms with E-state index in [0.29, 0.717) is 16.4 Å². The van der Waals surface area contributed by atoms with Crippen molar-refractivity contribution in [2.24, 2.45) is 0 Å². The maximum atomic E-state index is 11.5. The predicted octanol–water partition coefficient (Wildman–Crippen LogP) is 1.47. The Morgan fingerprint density at radius 1 is 1.33 bits per heavy atom. The summed E-state index contributed by atoms with van der Waals surface area (Å²) in [6.45, 7) is 0. The van der Waals surface area contributed by atoms with Gasteiger partial charge in [-0.25, -0.2) is 0 Å². The molecule has 0 bridgehead atoms. The molecule has 0 fully saturated rings. The van der Waals surface area contributed by atoms with Gasteiger partial charge in [-0.1, -0.05) is 17.7 Å². The first-order valence-electron chi connectivity index (χ1n) is 4.27. The van der Waals surface area contributed by atoms with Crippen molar-refractivity contribution in [1.82, 2.24) is 9.78 Å². The van der Waals surface area contributed by atoms with Crippen molar-refractivity contribution in [3.63, 3.8) is 0 Å². The van der Waals surface area contributed by atoms with Gasteiger partial charge in [0.1, 0.15) is 0 Å². The number of halogens is 1. The molecule has 0 saturated carbocycles. The minimum atomic E-state index is -0.280. The first kappa shape index (κ1) is 9.73. The van der Waals surface area contributed by atoms with E-state index in [9.17, 15) is 4.79 Å². The van der Waals surface area contributed by atoms with Crippen molar-refractivity contribution >= 4 is 17.3 Å². The summed E-state index contributed by atoms with van der Waals surface area (Å²) in [5.74, 6) is 0. The van der Waals surface area contributed by atoms with Crippen molar-refractivity contribution < 1.29 is 0 Å². The van der Waals surface area contributed by atoms with E-state index in [0.717, 1.165) is 0 Å². The average Bonchev–Trinajstić information content (AvgIpc) is 2.17. The largest absolute Gasteiger partial charge is 0.397 e. The Morgan fingerprint density at radius 2 is 2.13 bits per heavy atom. The van der Waals surface area contributed by atoms with Crippen molar-refractivity contribution in [1.29, 1.82) is 0 Å². The third kappa shape index (κ3) is 1.99. The number of aromatic nitrogens is 2. The number of nitrogens with two attached hydrogens (primary N) is 1. The van der Waals surface area contributed by atoms with Crippen LogP contribution in [0.1, 0.15) is 0 Å². The summed E-state index contributed by atoms with van der Waals surface area (Å²) < 4.78 is 1.24. The molecule has 0 saturated heterocycles. The summed E-state index contributed by atoms with van der Waals surface area (Å²) in [7, 11) is 0. The molecule has 1 aromatic heterocycles. The second-order valence-electron chi connectivity index (χ2n) is 3.02. The smallest absolute Gasteiger partial charge is 0.273 e. The maximum absolute atomic E-state index is 11.5. The van der Waals surface area contributed by atoms with E-state index in [-0.39, 0.29) is 5.56 Å². The minimum absolute atomic E-state index is 0.280. The first-order valence-corrected chi connectivity index (χ1v) is 4.65. The van der Waals surface area contributed by atoms with Gasteiger partial charge in [0, 0.05) is 11.1 Å². The van der Waals surface area contributed by atoms with Crippen LogP contribution in [0.5, 0.6) is 0 Å². The van der Waals surface area contributed by atoms with E-state index in [1.165, 1.54) is 16.9 Å². The Bertz CT molecular complexity index is 550. The standard InChI is InChI=1S/C10H8ClN3O/c11-7-2-1-3-9(4-7)14-10(15)5-8(12)6-13-14/h1-6H,12H2. The highest BCUT2D eigenvalue weighted by atomic mass is 35.5. The van der Waals surface area contributed by atoms with Gasteiger partial charge in [-0.15, -0.1) is 0 Å². The van der Waals surface area contributed by atoms with Crippen LogP contribution in [-0.2, 0) is 0 Å². The number of nitrogens with zero attached hydrogens (tertiary/aromatic N) is 2. The molecule has 0 amide bonds. The van der Waals surface area contributed by atoms with Crippen LogP contribution in [0.25, 0.3) is 5.69 Å². The van der Waals surface area contributed by atoms with Crippen molar-refractivity contribution in [2.75, 3.05) is 5.73 Å². The summed E-state index contributed by atoms with van der Waals surface area (Å²) >= 11 is 5.81. The van der Waals surface area contributed by atoms with Gasteiger partial charge in [-0.2, -0.15) is 9.78 Å². The molecule has 0 radical (unpaired) electrons. The van der Waals surface area contributed by atoms with Crippen LogP contribution in [0.2, 0.25) is 5.02 Å². The summed E-state index contributed by atoms with van der Waals surface area (Å²) in [6, 6.07) is 8.20. The molecule has 0 atom stereocenters. The van der Waals surface area contributed by atoms with Crippen LogP contribution in [0.15, 0.2) is 41.3 Å². The molecule has 1 aromatic carbocycles. The van der Waals surface area contributed by atoms with E-state index in [1.54, 1.807) is 24.3 Å². The number of hydrogen-bond acceptors (Lipinski definition) is 3. The van der Waals surface area contributed by atoms with E-state index in [4.69, 9.17) is 17.3 Å². The molecule has 2 N–H and O–H groups in total. The molecule has 2 rings (SSSR count). The second kappa shape index (κ2) is 3.74. The van der Waals surface area contributed by atoms with Crippen molar-refractivity contribution in [3.05, 3.63) is 51.9 Å². The van der Waals surface area contributed by atoms with Gasteiger partial charge >= 0.3 is 0 Å². The van der Waals surface area contributed by atoms with E-state index in [1.807, 2.05) is 0 Å². The van der Waals surface area contributed by atoms with Gasteiger partial charge in [-0.05, 0) is 18.2 Å². The van der Waals surface area contributed by atoms with Crippen LogP contribution in [0.3, 0.4) is 0 Å². The molecule has 0 aliphatic rings. The topological polar surface area (TPSA) is 60.9 Å². The zero-order chi connectivity index (χ0) is 10.8. The molecule has 0 spiro atoms. The van der Waals surface area contributed by atoms with E-state index < -0.39 is 0 Å². The summed E-state index contributed by atoms with van der Waals surface area (Å²) in [6.07, 6.45) is 1.42. The molecule has 4 nitrogen and oxygen atoms in total. The molecule has 0 aliphatic heterocycles. The Kier molecular flexibility index (Phi) is 2.43. The quantitative estimate of drug-likeness (QED) is 0.793. The fourth-order valence-electron chi connectivity index (χ4n) is 1.22. The van der Waals surface area contributed by atoms with Crippen LogP contribution in [0.4, 0.5) is 5.69 Å². The lowest BCUT2D eigenvalue weighted by molar-refractivity contribution is 0.809. The summed E-state index contributed by atoms with van der Waals surface area (Å²) in [5, 5.41) is 4.46. The van der Waals surface area contributed by atoms with Gasteiger partial charge < -0.3 is 5.73 Å². The zero-order valence-corrected chi connectivity index (χ0v) is 8.48. The third-order valence-electron chi connectivity index (χ3n) is 1.87. The molecule has 1 heterocycles. The number of anilines is 1. The highest BCUT2D eigenvalue weighted by Crippen LogP contribution is 2.12. The zero-order valence-electron chi connectivity index (χ0n) is 7.72. The van der Waals surface area contributed by atoms with Gasteiger partial charge in [0.2, 0.25) is 0 Å². The maximum Gasteiger partial charge on any atom is 0.273 e. The fraction of sp³-hybridized carbons (Fsp3) is 0. The highest BCUT2D eigenvalue weighted by molar-refractivity contribution is 6.30. The molecule has 0 aliphatic carbocycles. The summed E-state index contributed by atoms with van der Waals surface area (Å²) in [5.41, 5.74) is 6.12. The SMILES string of the molecule is Nc1cnn(-c2cccc(Cl)c2)c(=O)c1. The number of nitrogen functional groups attached to an aromatic ring is 1. The van der Waals surface area contributed by atoms with Gasteiger partial charge in [0.15, 0.2) is 0 Å². The predicted molar refractivity (Wildman–Crippen MR) is 59.3 cm³/mol. The Balaban J connectivity index is 2.59. The normalized spacial score (nSPS) is 10.2. The molecule has 76 valence electrons. The van der Waals surface area contributed by atoms with Gasteiger partial charge in [-0.3, -0.25) is 4.79 Å². The Morgan fingerprint density at radius 3 is 2.80 bits per heavy atom. The van der Waals surface area contributed by atoms with Crippen molar-refractivity contribution in [2.45, 2.75) is 0 Å². The third-order valence-corrected chi connectivity index (χ3v) is 2.11. The summed E-state index contributed by atoms with van der Waals surface area (Å²) in [4.78, 5) is 11.5. The lowest BCUT2D eigenvalue weighted by Crippen LogP contribution is -2.20. The molecule has 0 unspecified atom stereocenters. The molecule has 15 heavy (non-hydrogen) atoms. The van der Waals surface area contributed by atoms with E-state index >= 15 is 0 Å². The van der Waals surface area contributed by atoms with Crippen LogP contribution >= 0.6 is 11.6 Å². The van der Waals surface area contributed by atoms with Crippen LogP contribution in [0, 0.1) is 0 Å². The number of hydrogen-bond donors (Lipinski definition) is 1. The van der Waals surface area contributed by atoms with E-state index in [2.05, 4.69) is 5.10 Å². The molecular formula is C10H8ClN3O. The lowest BCUT2D eigenvalue weighted by Gasteiger charge is -2.03. The average molecular weight is 222 g/mol. The van der Waals surface area contributed by atoms with Gasteiger partial charge in [0.05, 0.1) is 17.6 Å². The lowest BCUT2D eigenvalue weighted by atomic mass is 10.3. The van der Waals surface area contributed by atoms with Crippen LogP contribution in [-0.4, -0.2) is 9.78 Å². The first-order chi connectivity index (χ1) is 7.16. The Labute approximate surface area is 90.9 Å². The second-order valence-corrected chi connectivity index (χ2v) is 3.46.